The minimum Gasteiger partial charge on any atom is -0.354 e. The quantitative estimate of drug-likeness (QED) is 0.844. The average Bonchev–Trinajstić information content (AvgIpc) is 2.67. The SMILES string of the molecule is O=C(Cc1nc2n(n1)C(=O)CCN2)C1=CCC=CCC1. The summed E-state index contributed by atoms with van der Waals surface area (Å²) in [6, 6.07) is 0. The number of Topliss-reactive ketones (excluding diaryl/α,β-unsaturated/α-hetero) is 1. The smallest absolute Gasteiger partial charge is 0.251 e. The zero-order chi connectivity index (χ0) is 13.9. The standard InChI is InChI=1S/C14H16N4O2/c19-11(10-5-3-1-2-4-6-10)9-12-16-14-15-8-7-13(20)18(14)17-12/h1-2,5H,3-4,6-9H2,(H,15,16,17). The molecule has 0 saturated heterocycles. The number of hydrogen-bond donors (Lipinski definition) is 1. The van der Waals surface area contributed by atoms with E-state index < -0.39 is 0 Å². The van der Waals surface area contributed by atoms with E-state index in [0.29, 0.717) is 24.7 Å². The number of ketones is 1. The molecule has 1 aliphatic heterocycles. The molecule has 1 aromatic rings. The summed E-state index contributed by atoms with van der Waals surface area (Å²) in [6.07, 6.45) is 9.13. The number of carbonyl (C=O) groups is 2. The van der Waals surface area contributed by atoms with Gasteiger partial charge in [0.15, 0.2) is 11.6 Å². The summed E-state index contributed by atoms with van der Waals surface area (Å²) < 4.78 is 1.26. The van der Waals surface area contributed by atoms with Crippen LogP contribution in [0.4, 0.5) is 5.95 Å². The monoisotopic (exact) mass is 272 g/mol. The number of aromatic nitrogens is 3. The first-order chi connectivity index (χ1) is 9.74. The van der Waals surface area contributed by atoms with Gasteiger partial charge in [-0.25, -0.2) is 0 Å². The summed E-state index contributed by atoms with van der Waals surface area (Å²) in [5.41, 5.74) is 0.835. The highest BCUT2D eigenvalue weighted by Gasteiger charge is 2.22. The van der Waals surface area contributed by atoms with E-state index in [9.17, 15) is 9.59 Å². The molecule has 2 heterocycles. The molecule has 20 heavy (non-hydrogen) atoms. The van der Waals surface area contributed by atoms with Crippen molar-refractivity contribution in [2.75, 3.05) is 11.9 Å². The van der Waals surface area contributed by atoms with Gasteiger partial charge in [0.05, 0.1) is 6.42 Å². The van der Waals surface area contributed by atoms with E-state index in [2.05, 4.69) is 27.6 Å². The second-order valence-electron chi connectivity index (χ2n) is 4.91. The van der Waals surface area contributed by atoms with Crippen LogP contribution < -0.4 is 5.32 Å². The maximum absolute atomic E-state index is 12.2. The van der Waals surface area contributed by atoms with Crippen LogP contribution in [0.15, 0.2) is 23.8 Å². The predicted molar refractivity (Wildman–Crippen MR) is 73.5 cm³/mol. The number of hydrogen-bond acceptors (Lipinski definition) is 5. The van der Waals surface area contributed by atoms with Crippen molar-refractivity contribution < 1.29 is 9.59 Å². The van der Waals surface area contributed by atoms with E-state index in [1.54, 1.807) is 0 Å². The van der Waals surface area contributed by atoms with Crippen LogP contribution in [0.3, 0.4) is 0 Å². The van der Waals surface area contributed by atoms with Crippen LogP contribution in [-0.2, 0) is 11.2 Å². The van der Waals surface area contributed by atoms with Crippen molar-refractivity contribution in [3.63, 3.8) is 0 Å². The fourth-order valence-electron chi connectivity index (χ4n) is 2.38. The third-order valence-electron chi connectivity index (χ3n) is 3.43. The average molecular weight is 272 g/mol. The van der Waals surface area contributed by atoms with E-state index >= 15 is 0 Å². The molecular weight excluding hydrogens is 256 g/mol. The first kappa shape index (κ1) is 12.8. The van der Waals surface area contributed by atoms with Gasteiger partial charge in [-0.15, -0.1) is 5.10 Å². The zero-order valence-corrected chi connectivity index (χ0v) is 11.1. The van der Waals surface area contributed by atoms with Gasteiger partial charge in [-0.2, -0.15) is 9.67 Å². The van der Waals surface area contributed by atoms with Gasteiger partial charge in [0, 0.05) is 13.0 Å². The summed E-state index contributed by atoms with van der Waals surface area (Å²) in [6.45, 7) is 0.571. The number of rotatable bonds is 3. The largest absolute Gasteiger partial charge is 0.354 e. The summed E-state index contributed by atoms with van der Waals surface area (Å²) in [5.74, 6) is 0.818. The van der Waals surface area contributed by atoms with E-state index in [1.165, 1.54) is 4.68 Å². The highest BCUT2D eigenvalue weighted by atomic mass is 16.2. The molecule has 0 bridgehead atoms. The van der Waals surface area contributed by atoms with Gasteiger partial charge >= 0.3 is 0 Å². The molecule has 3 rings (SSSR count). The van der Waals surface area contributed by atoms with Crippen molar-refractivity contribution >= 4 is 17.6 Å². The first-order valence-corrected chi connectivity index (χ1v) is 6.84. The van der Waals surface area contributed by atoms with Crippen molar-refractivity contribution in [3.8, 4) is 0 Å². The zero-order valence-electron chi connectivity index (χ0n) is 11.1. The summed E-state index contributed by atoms with van der Waals surface area (Å²) in [7, 11) is 0. The van der Waals surface area contributed by atoms with Gasteiger partial charge in [-0.1, -0.05) is 18.2 Å². The molecule has 0 saturated carbocycles. The number of nitrogens with zero attached hydrogens (tertiary/aromatic N) is 3. The minimum atomic E-state index is -0.0807. The van der Waals surface area contributed by atoms with Crippen LogP contribution in [0.5, 0.6) is 0 Å². The van der Waals surface area contributed by atoms with Crippen LogP contribution in [0.1, 0.15) is 36.3 Å². The van der Waals surface area contributed by atoms with Crippen LogP contribution in [0.25, 0.3) is 0 Å². The van der Waals surface area contributed by atoms with Crippen LogP contribution in [0.2, 0.25) is 0 Å². The Balaban J connectivity index is 1.73. The maximum Gasteiger partial charge on any atom is 0.251 e. The summed E-state index contributed by atoms with van der Waals surface area (Å²) in [5, 5.41) is 7.13. The lowest BCUT2D eigenvalue weighted by Gasteiger charge is -2.11. The number of anilines is 1. The fraction of sp³-hybridized carbons (Fsp3) is 0.429. The van der Waals surface area contributed by atoms with Gasteiger partial charge in [0.2, 0.25) is 5.95 Å². The predicted octanol–water partition coefficient (Wildman–Crippen LogP) is 1.51. The van der Waals surface area contributed by atoms with E-state index in [0.717, 1.165) is 24.8 Å². The van der Waals surface area contributed by atoms with Gasteiger partial charge < -0.3 is 5.32 Å². The van der Waals surface area contributed by atoms with E-state index in [-0.39, 0.29) is 18.1 Å². The number of fused-ring (bicyclic) bond motifs is 1. The first-order valence-electron chi connectivity index (χ1n) is 6.84. The van der Waals surface area contributed by atoms with Crippen LogP contribution in [-0.4, -0.2) is 33.0 Å². The second kappa shape index (κ2) is 5.40. The molecule has 104 valence electrons. The molecular formula is C14H16N4O2. The Kier molecular flexibility index (Phi) is 3.45. The van der Waals surface area contributed by atoms with Gasteiger partial charge in [0.25, 0.3) is 5.91 Å². The molecule has 1 N–H and O–H groups in total. The van der Waals surface area contributed by atoms with Crippen LogP contribution >= 0.6 is 0 Å². The minimum absolute atomic E-state index is 0.0455. The number of nitrogens with one attached hydrogen (secondary N) is 1. The molecule has 6 nitrogen and oxygen atoms in total. The van der Waals surface area contributed by atoms with Crippen molar-refractivity contribution in [2.45, 2.75) is 32.1 Å². The summed E-state index contributed by atoms with van der Waals surface area (Å²) in [4.78, 5) is 28.1. The van der Waals surface area contributed by atoms with Crippen molar-refractivity contribution in [1.82, 2.24) is 14.8 Å². The molecule has 0 spiro atoms. The Morgan fingerprint density at radius 3 is 3.10 bits per heavy atom. The molecule has 0 fully saturated rings. The molecule has 0 aromatic carbocycles. The molecule has 0 radical (unpaired) electrons. The second-order valence-corrected chi connectivity index (χ2v) is 4.91. The lowest BCUT2D eigenvalue weighted by atomic mass is 10.0. The van der Waals surface area contributed by atoms with Gasteiger partial charge in [-0.05, 0) is 24.8 Å². The normalized spacial score (nSPS) is 18.0. The topological polar surface area (TPSA) is 76.9 Å². The molecule has 6 heteroatoms. The molecule has 1 aliphatic carbocycles. The van der Waals surface area contributed by atoms with Gasteiger partial charge in [0.1, 0.15) is 0 Å². The highest BCUT2D eigenvalue weighted by Crippen LogP contribution is 2.16. The van der Waals surface area contributed by atoms with E-state index in [4.69, 9.17) is 0 Å². The van der Waals surface area contributed by atoms with Crippen molar-refractivity contribution in [1.29, 1.82) is 0 Å². The number of carbonyl (C=O) groups excluding carboxylic acids is 2. The lowest BCUT2D eigenvalue weighted by molar-refractivity contribution is -0.115. The third-order valence-corrected chi connectivity index (χ3v) is 3.43. The van der Waals surface area contributed by atoms with Gasteiger partial charge in [-0.3, -0.25) is 9.59 Å². The Morgan fingerprint density at radius 1 is 1.35 bits per heavy atom. The van der Waals surface area contributed by atoms with Crippen molar-refractivity contribution in [2.24, 2.45) is 0 Å². The Morgan fingerprint density at radius 2 is 2.25 bits per heavy atom. The maximum atomic E-state index is 12.2. The molecule has 0 amide bonds. The Hall–Kier alpha value is -2.24. The lowest BCUT2D eigenvalue weighted by Crippen LogP contribution is -2.25. The molecule has 1 aromatic heterocycles. The van der Waals surface area contributed by atoms with E-state index in [1.807, 2.05) is 6.08 Å². The summed E-state index contributed by atoms with van der Waals surface area (Å²) >= 11 is 0. The van der Waals surface area contributed by atoms with Crippen LogP contribution in [0, 0.1) is 0 Å². The number of allylic oxidation sites excluding steroid dienone is 4. The third kappa shape index (κ3) is 2.54. The highest BCUT2D eigenvalue weighted by molar-refractivity contribution is 5.96. The van der Waals surface area contributed by atoms with Crippen molar-refractivity contribution in [3.05, 3.63) is 29.6 Å². The molecule has 2 aliphatic rings. The fourth-order valence-corrected chi connectivity index (χ4v) is 2.38. The Bertz CT molecular complexity index is 613. The Labute approximate surface area is 116 Å². The molecule has 0 unspecified atom stereocenters. The molecule has 0 atom stereocenters.